The van der Waals surface area contributed by atoms with Crippen LogP contribution in [0.2, 0.25) is 0 Å². The molecule has 0 aliphatic carbocycles. The first-order chi connectivity index (χ1) is 7.49. The Hall–Kier alpha value is -0.770. The van der Waals surface area contributed by atoms with Crippen molar-refractivity contribution in [2.24, 2.45) is 29.2 Å². The number of alkyl halides is 1. The van der Waals surface area contributed by atoms with E-state index in [2.05, 4.69) is 0 Å². The summed E-state index contributed by atoms with van der Waals surface area (Å²) in [4.78, 5) is 22.7. The molecule has 4 N–H and O–H groups in total. The van der Waals surface area contributed by atoms with Crippen molar-refractivity contribution >= 4 is 23.4 Å². The van der Waals surface area contributed by atoms with Crippen molar-refractivity contribution in [1.82, 2.24) is 0 Å². The fourth-order valence-corrected chi connectivity index (χ4v) is 2.46. The molecule has 2 amide bonds. The van der Waals surface area contributed by atoms with Crippen LogP contribution in [-0.2, 0) is 9.59 Å². The summed E-state index contributed by atoms with van der Waals surface area (Å²) in [6.07, 6.45) is 2.19. The van der Waals surface area contributed by atoms with Gasteiger partial charge in [0.1, 0.15) is 0 Å². The van der Waals surface area contributed by atoms with Crippen molar-refractivity contribution in [2.45, 2.75) is 33.1 Å². The maximum atomic E-state index is 11.4. The van der Waals surface area contributed by atoms with Crippen molar-refractivity contribution < 1.29 is 9.59 Å². The van der Waals surface area contributed by atoms with Crippen molar-refractivity contribution in [3.05, 3.63) is 0 Å². The first kappa shape index (κ1) is 15.2. The zero-order valence-corrected chi connectivity index (χ0v) is 10.7. The summed E-state index contributed by atoms with van der Waals surface area (Å²) in [5, 5.41) is 0. The van der Waals surface area contributed by atoms with Crippen molar-refractivity contribution in [2.75, 3.05) is 5.88 Å². The van der Waals surface area contributed by atoms with Gasteiger partial charge in [-0.15, -0.1) is 11.6 Å². The standard InChI is InChI=1S/C11H21ClN2O2/c1-3-5-7(6-12)9(11(14)16)8(4-2)10(13)15/h7-9H,3-6H2,1-2H3,(H2,13,15)(H2,14,16)/t7?,8-,9?/m0/s1. The topological polar surface area (TPSA) is 86.2 Å². The molecule has 0 aromatic carbocycles. The minimum atomic E-state index is -0.542. The molecule has 0 aliphatic rings. The number of carbonyl (C=O) groups is 2. The summed E-state index contributed by atoms with van der Waals surface area (Å²) in [6.45, 7) is 3.82. The van der Waals surface area contributed by atoms with Gasteiger partial charge in [0.25, 0.3) is 0 Å². The van der Waals surface area contributed by atoms with E-state index in [1.807, 2.05) is 13.8 Å². The van der Waals surface area contributed by atoms with Gasteiger partial charge >= 0.3 is 0 Å². The van der Waals surface area contributed by atoms with Crippen LogP contribution in [0, 0.1) is 17.8 Å². The molecule has 0 spiro atoms. The van der Waals surface area contributed by atoms with Crippen LogP contribution in [0.1, 0.15) is 33.1 Å². The normalized spacial score (nSPS) is 16.4. The van der Waals surface area contributed by atoms with E-state index >= 15 is 0 Å². The van der Waals surface area contributed by atoms with E-state index in [-0.39, 0.29) is 5.92 Å². The molecule has 4 nitrogen and oxygen atoms in total. The van der Waals surface area contributed by atoms with E-state index in [1.165, 1.54) is 0 Å². The molecule has 2 unspecified atom stereocenters. The van der Waals surface area contributed by atoms with Gasteiger partial charge in [0.2, 0.25) is 11.8 Å². The lowest BCUT2D eigenvalue weighted by atomic mass is 9.78. The molecule has 0 fully saturated rings. The lowest BCUT2D eigenvalue weighted by molar-refractivity contribution is -0.133. The Kier molecular flexibility index (Phi) is 7.13. The minimum absolute atomic E-state index is 0.0679. The average molecular weight is 249 g/mol. The van der Waals surface area contributed by atoms with Crippen LogP contribution in [-0.4, -0.2) is 17.7 Å². The largest absolute Gasteiger partial charge is 0.369 e. The molecule has 0 radical (unpaired) electrons. The zero-order valence-electron chi connectivity index (χ0n) is 9.91. The molecule has 0 aliphatic heterocycles. The molecular formula is C11H21ClN2O2. The zero-order chi connectivity index (χ0) is 12.7. The molecule has 94 valence electrons. The second-order valence-electron chi connectivity index (χ2n) is 4.05. The van der Waals surface area contributed by atoms with Gasteiger partial charge in [0, 0.05) is 11.8 Å². The van der Waals surface area contributed by atoms with E-state index in [1.54, 1.807) is 0 Å². The van der Waals surface area contributed by atoms with E-state index in [4.69, 9.17) is 23.1 Å². The fourth-order valence-electron chi connectivity index (χ4n) is 2.11. The monoisotopic (exact) mass is 248 g/mol. The SMILES string of the molecule is CCCC(CCl)C(C(N)=O)[C@H](CC)C(N)=O. The Balaban J connectivity index is 4.94. The number of hydrogen-bond donors (Lipinski definition) is 2. The third-order valence-corrected chi connectivity index (χ3v) is 3.33. The van der Waals surface area contributed by atoms with Gasteiger partial charge in [-0.1, -0.05) is 20.3 Å². The smallest absolute Gasteiger partial charge is 0.221 e. The third kappa shape index (κ3) is 4.00. The van der Waals surface area contributed by atoms with Gasteiger partial charge in [-0.25, -0.2) is 0 Å². The average Bonchev–Trinajstić information content (AvgIpc) is 2.22. The summed E-state index contributed by atoms with van der Waals surface area (Å²) in [7, 11) is 0. The summed E-state index contributed by atoms with van der Waals surface area (Å²) < 4.78 is 0. The van der Waals surface area contributed by atoms with Crippen molar-refractivity contribution in [3.8, 4) is 0 Å². The molecule has 0 saturated heterocycles. The van der Waals surface area contributed by atoms with E-state index in [0.29, 0.717) is 12.3 Å². The highest BCUT2D eigenvalue weighted by Crippen LogP contribution is 2.28. The number of hydrogen-bond acceptors (Lipinski definition) is 2. The predicted octanol–water partition coefficient (Wildman–Crippen LogP) is 1.25. The number of nitrogens with two attached hydrogens (primary N) is 2. The second-order valence-corrected chi connectivity index (χ2v) is 4.36. The molecule has 0 saturated carbocycles. The number of primary amides is 2. The van der Waals surface area contributed by atoms with E-state index in [9.17, 15) is 9.59 Å². The van der Waals surface area contributed by atoms with Gasteiger partial charge in [0.05, 0.1) is 5.92 Å². The number of amides is 2. The summed E-state index contributed by atoms with van der Waals surface area (Å²) in [5.41, 5.74) is 10.6. The first-order valence-electron chi connectivity index (χ1n) is 5.64. The lowest BCUT2D eigenvalue weighted by Gasteiger charge is -2.27. The second kappa shape index (κ2) is 7.49. The number of halogens is 1. The molecule has 0 bridgehead atoms. The van der Waals surface area contributed by atoms with E-state index < -0.39 is 23.7 Å². The Morgan fingerprint density at radius 3 is 2.00 bits per heavy atom. The van der Waals surface area contributed by atoms with Crippen LogP contribution in [0.25, 0.3) is 0 Å². The maximum Gasteiger partial charge on any atom is 0.221 e. The van der Waals surface area contributed by atoms with Crippen molar-refractivity contribution in [3.63, 3.8) is 0 Å². The van der Waals surface area contributed by atoms with Crippen molar-refractivity contribution in [1.29, 1.82) is 0 Å². The summed E-state index contributed by atoms with van der Waals surface area (Å²) in [6, 6.07) is 0. The third-order valence-electron chi connectivity index (χ3n) is 2.93. The predicted molar refractivity (Wildman–Crippen MR) is 64.8 cm³/mol. The Bertz CT molecular complexity index is 246. The molecule has 0 aromatic rings. The molecule has 0 rings (SSSR count). The quantitative estimate of drug-likeness (QED) is 0.634. The van der Waals surface area contributed by atoms with Crippen LogP contribution >= 0.6 is 11.6 Å². The maximum absolute atomic E-state index is 11.4. The Morgan fingerprint density at radius 2 is 1.75 bits per heavy atom. The first-order valence-corrected chi connectivity index (χ1v) is 6.17. The molecule has 16 heavy (non-hydrogen) atoms. The Labute approximate surface area is 102 Å². The minimum Gasteiger partial charge on any atom is -0.369 e. The Morgan fingerprint density at radius 1 is 1.19 bits per heavy atom. The molecular weight excluding hydrogens is 228 g/mol. The van der Waals surface area contributed by atoms with Crippen LogP contribution in [0.15, 0.2) is 0 Å². The summed E-state index contributed by atoms with van der Waals surface area (Å²) >= 11 is 5.83. The highest BCUT2D eigenvalue weighted by Gasteiger charge is 2.35. The van der Waals surface area contributed by atoms with Gasteiger partial charge < -0.3 is 11.5 Å². The highest BCUT2D eigenvalue weighted by atomic mass is 35.5. The van der Waals surface area contributed by atoms with Crippen LogP contribution in [0.4, 0.5) is 0 Å². The summed E-state index contributed by atoms with van der Waals surface area (Å²) in [5.74, 6) is -1.75. The van der Waals surface area contributed by atoms with Gasteiger partial charge in [-0.05, 0) is 18.8 Å². The number of carbonyl (C=O) groups excluding carboxylic acids is 2. The number of rotatable bonds is 8. The van der Waals surface area contributed by atoms with Gasteiger partial charge in [0.15, 0.2) is 0 Å². The van der Waals surface area contributed by atoms with E-state index in [0.717, 1.165) is 12.8 Å². The molecule has 0 heterocycles. The van der Waals surface area contributed by atoms with Crippen LogP contribution < -0.4 is 11.5 Å². The fraction of sp³-hybridized carbons (Fsp3) is 0.818. The van der Waals surface area contributed by atoms with Crippen LogP contribution in [0.5, 0.6) is 0 Å². The lowest BCUT2D eigenvalue weighted by Crippen LogP contribution is -2.42. The highest BCUT2D eigenvalue weighted by molar-refractivity contribution is 6.18. The molecule has 3 atom stereocenters. The molecule has 0 aromatic heterocycles. The van der Waals surface area contributed by atoms with Crippen LogP contribution in [0.3, 0.4) is 0 Å². The van der Waals surface area contributed by atoms with Gasteiger partial charge in [-0.3, -0.25) is 9.59 Å². The molecule has 5 heteroatoms. The van der Waals surface area contributed by atoms with Gasteiger partial charge in [-0.2, -0.15) is 0 Å².